The summed E-state index contributed by atoms with van der Waals surface area (Å²) in [5.41, 5.74) is 0.965. The number of nitro groups is 1. The van der Waals surface area contributed by atoms with Crippen molar-refractivity contribution in [3.05, 3.63) is 34.4 Å². The largest absolute Gasteiger partial charge is 0.385 e. The highest BCUT2D eigenvalue weighted by molar-refractivity contribution is 5.50. The van der Waals surface area contributed by atoms with Crippen LogP contribution in [-0.2, 0) is 0 Å². The maximum Gasteiger partial charge on any atom is 0.271 e. The molecule has 0 saturated carbocycles. The van der Waals surface area contributed by atoms with E-state index < -0.39 is 0 Å². The van der Waals surface area contributed by atoms with Crippen LogP contribution in [0.1, 0.15) is 19.3 Å². The third kappa shape index (κ3) is 3.70. The Morgan fingerprint density at radius 2 is 2.39 bits per heavy atom. The Labute approximate surface area is 107 Å². The van der Waals surface area contributed by atoms with Gasteiger partial charge in [-0.25, -0.2) is 0 Å². The van der Waals surface area contributed by atoms with Gasteiger partial charge < -0.3 is 10.6 Å². The molecular weight excluding hydrogens is 230 g/mol. The van der Waals surface area contributed by atoms with Gasteiger partial charge in [-0.3, -0.25) is 10.1 Å². The fraction of sp³-hybridized carbons (Fsp3) is 0.538. The summed E-state index contributed by atoms with van der Waals surface area (Å²) in [5, 5.41) is 17.3. The van der Waals surface area contributed by atoms with Crippen LogP contribution in [0.2, 0.25) is 0 Å². The summed E-state index contributed by atoms with van der Waals surface area (Å²) in [7, 11) is 0. The lowest BCUT2D eigenvalue weighted by atomic mass is 9.96. The van der Waals surface area contributed by atoms with E-state index in [1.165, 1.54) is 18.9 Å². The second kappa shape index (κ2) is 6.35. The van der Waals surface area contributed by atoms with Crippen molar-refractivity contribution < 1.29 is 4.92 Å². The Hall–Kier alpha value is -1.62. The number of non-ortho nitro benzene ring substituents is 1. The third-order valence-corrected chi connectivity index (χ3v) is 3.34. The Kier molecular flexibility index (Phi) is 4.52. The van der Waals surface area contributed by atoms with Crippen LogP contribution in [0.4, 0.5) is 11.4 Å². The molecule has 1 unspecified atom stereocenters. The quantitative estimate of drug-likeness (QED) is 0.621. The first kappa shape index (κ1) is 12.8. The third-order valence-electron chi connectivity index (χ3n) is 3.34. The molecule has 1 heterocycles. The Morgan fingerprint density at radius 1 is 1.50 bits per heavy atom. The number of anilines is 1. The smallest absolute Gasteiger partial charge is 0.271 e. The fourth-order valence-electron chi connectivity index (χ4n) is 2.32. The molecule has 1 saturated heterocycles. The van der Waals surface area contributed by atoms with Gasteiger partial charge in [0.2, 0.25) is 0 Å². The molecule has 0 radical (unpaired) electrons. The SMILES string of the molecule is O=[N+]([O-])c1cccc(NCCC2CCCNC2)c1. The van der Waals surface area contributed by atoms with Crippen molar-refractivity contribution in [1.29, 1.82) is 0 Å². The number of benzene rings is 1. The molecule has 1 atom stereocenters. The molecule has 18 heavy (non-hydrogen) atoms. The summed E-state index contributed by atoms with van der Waals surface area (Å²) in [4.78, 5) is 10.3. The summed E-state index contributed by atoms with van der Waals surface area (Å²) in [5.74, 6) is 0.727. The van der Waals surface area contributed by atoms with E-state index in [4.69, 9.17) is 0 Å². The highest BCUT2D eigenvalue weighted by atomic mass is 16.6. The Balaban J connectivity index is 1.78. The first-order valence-corrected chi connectivity index (χ1v) is 6.45. The zero-order valence-electron chi connectivity index (χ0n) is 10.4. The van der Waals surface area contributed by atoms with E-state index in [0.29, 0.717) is 0 Å². The number of nitrogens with zero attached hydrogens (tertiary/aromatic N) is 1. The molecule has 0 aromatic heterocycles. The van der Waals surface area contributed by atoms with E-state index in [9.17, 15) is 10.1 Å². The first-order valence-electron chi connectivity index (χ1n) is 6.45. The minimum absolute atomic E-state index is 0.138. The molecule has 1 aliphatic rings. The number of nitro benzene ring substituents is 1. The van der Waals surface area contributed by atoms with Crippen LogP contribution in [0.5, 0.6) is 0 Å². The molecule has 1 aromatic rings. The minimum Gasteiger partial charge on any atom is -0.385 e. The van der Waals surface area contributed by atoms with E-state index >= 15 is 0 Å². The van der Waals surface area contributed by atoms with Crippen molar-refractivity contribution in [3.63, 3.8) is 0 Å². The van der Waals surface area contributed by atoms with Crippen molar-refractivity contribution in [1.82, 2.24) is 5.32 Å². The second-order valence-electron chi connectivity index (χ2n) is 4.74. The monoisotopic (exact) mass is 249 g/mol. The molecule has 0 amide bonds. The number of rotatable bonds is 5. The zero-order chi connectivity index (χ0) is 12.8. The summed E-state index contributed by atoms with van der Waals surface area (Å²) in [6.07, 6.45) is 3.64. The molecule has 1 aliphatic heterocycles. The van der Waals surface area contributed by atoms with Gasteiger partial charge in [0.1, 0.15) is 0 Å². The average Bonchev–Trinajstić information content (AvgIpc) is 2.40. The first-order chi connectivity index (χ1) is 8.75. The van der Waals surface area contributed by atoms with Crippen LogP contribution in [-0.4, -0.2) is 24.6 Å². The number of hydrogen-bond acceptors (Lipinski definition) is 4. The van der Waals surface area contributed by atoms with Crippen molar-refractivity contribution in [3.8, 4) is 0 Å². The predicted molar refractivity (Wildman–Crippen MR) is 71.8 cm³/mol. The van der Waals surface area contributed by atoms with Crippen LogP contribution in [0.3, 0.4) is 0 Å². The normalized spacial score (nSPS) is 19.4. The molecule has 2 N–H and O–H groups in total. The van der Waals surface area contributed by atoms with Crippen LogP contribution >= 0.6 is 0 Å². The van der Waals surface area contributed by atoms with Gasteiger partial charge in [0, 0.05) is 24.4 Å². The van der Waals surface area contributed by atoms with Gasteiger partial charge in [-0.1, -0.05) is 6.07 Å². The molecular formula is C13H19N3O2. The highest BCUT2D eigenvalue weighted by Crippen LogP contribution is 2.18. The number of piperidine rings is 1. The summed E-state index contributed by atoms with van der Waals surface area (Å²) >= 11 is 0. The van der Waals surface area contributed by atoms with Gasteiger partial charge in [0.15, 0.2) is 0 Å². The van der Waals surface area contributed by atoms with Gasteiger partial charge in [-0.15, -0.1) is 0 Å². The zero-order valence-corrected chi connectivity index (χ0v) is 10.4. The van der Waals surface area contributed by atoms with Gasteiger partial charge in [-0.2, -0.15) is 0 Å². The van der Waals surface area contributed by atoms with Gasteiger partial charge in [-0.05, 0) is 44.3 Å². The van der Waals surface area contributed by atoms with E-state index in [2.05, 4.69) is 10.6 Å². The second-order valence-corrected chi connectivity index (χ2v) is 4.74. The minimum atomic E-state index is -0.365. The van der Waals surface area contributed by atoms with Gasteiger partial charge in [0.25, 0.3) is 5.69 Å². The van der Waals surface area contributed by atoms with Gasteiger partial charge >= 0.3 is 0 Å². The standard InChI is InChI=1S/C13H19N3O2/c17-16(18)13-5-1-4-12(9-13)15-8-6-11-3-2-7-14-10-11/h1,4-5,9,11,14-15H,2-3,6-8,10H2. The van der Waals surface area contributed by atoms with E-state index in [1.807, 2.05) is 6.07 Å². The molecule has 5 nitrogen and oxygen atoms in total. The van der Waals surface area contributed by atoms with Crippen LogP contribution in [0.25, 0.3) is 0 Å². The molecule has 0 bridgehead atoms. The molecule has 1 aromatic carbocycles. The number of hydrogen-bond donors (Lipinski definition) is 2. The van der Waals surface area contributed by atoms with Crippen LogP contribution in [0.15, 0.2) is 24.3 Å². The van der Waals surface area contributed by atoms with Crippen LogP contribution in [0, 0.1) is 16.0 Å². The van der Waals surface area contributed by atoms with E-state index in [0.717, 1.165) is 37.7 Å². The topological polar surface area (TPSA) is 67.2 Å². The summed E-state index contributed by atoms with van der Waals surface area (Å²) in [6, 6.07) is 6.67. The van der Waals surface area contributed by atoms with Crippen molar-refractivity contribution in [2.45, 2.75) is 19.3 Å². The lowest BCUT2D eigenvalue weighted by Crippen LogP contribution is -2.30. The summed E-state index contributed by atoms with van der Waals surface area (Å²) < 4.78 is 0. The average molecular weight is 249 g/mol. The lowest BCUT2D eigenvalue weighted by molar-refractivity contribution is -0.384. The van der Waals surface area contributed by atoms with E-state index in [-0.39, 0.29) is 10.6 Å². The van der Waals surface area contributed by atoms with E-state index in [1.54, 1.807) is 12.1 Å². The van der Waals surface area contributed by atoms with Gasteiger partial charge in [0.05, 0.1) is 4.92 Å². The van der Waals surface area contributed by atoms with Crippen molar-refractivity contribution in [2.24, 2.45) is 5.92 Å². The Bertz CT molecular complexity index is 403. The molecule has 2 rings (SSSR count). The highest BCUT2D eigenvalue weighted by Gasteiger charge is 2.12. The predicted octanol–water partition coefficient (Wildman–Crippen LogP) is 2.40. The number of nitrogens with one attached hydrogen (secondary N) is 2. The molecule has 98 valence electrons. The fourth-order valence-corrected chi connectivity index (χ4v) is 2.32. The Morgan fingerprint density at radius 3 is 3.11 bits per heavy atom. The molecule has 0 aliphatic carbocycles. The van der Waals surface area contributed by atoms with Crippen molar-refractivity contribution >= 4 is 11.4 Å². The van der Waals surface area contributed by atoms with Crippen LogP contribution < -0.4 is 10.6 Å². The molecule has 1 fully saturated rings. The lowest BCUT2D eigenvalue weighted by Gasteiger charge is -2.22. The summed E-state index contributed by atoms with van der Waals surface area (Å²) in [6.45, 7) is 3.10. The maximum absolute atomic E-state index is 10.6. The van der Waals surface area contributed by atoms with Crippen molar-refractivity contribution in [2.75, 3.05) is 25.0 Å². The molecule has 0 spiro atoms. The maximum atomic E-state index is 10.6. The molecule has 5 heteroatoms.